The fourth-order valence-corrected chi connectivity index (χ4v) is 2.39. The molecular formula is C15H19NO4. The smallest absolute Gasteiger partial charge is 0.306 e. The van der Waals surface area contributed by atoms with E-state index in [1.54, 1.807) is 7.11 Å². The third kappa shape index (κ3) is 3.50. The zero-order chi connectivity index (χ0) is 14.5. The number of amides is 1. The Hall–Kier alpha value is -2.04. The minimum Gasteiger partial charge on any atom is -0.496 e. The molecule has 0 saturated heterocycles. The van der Waals surface area contributed by atoms with E-state index in [0.29, 0.717) is 25.7 Å². The number of aliphatic carboxylic acids is 1. The Morgan fingerprint density at radius 1 is 1.35 bits per heavy atom. The zero-order valence-electron chi connectivity index (χ0n) is 11.5. The van der Waals surface area contributed by atoms with Crippen LogP contribution in [-0.4, -0.2) is 30.1 Å². The van der Waals surface area contributed by atoms with Crippen molar-refractivity contribution in [3.8, 4) is 5.75 Å². The summed E-state index contributed by atoms with van der Waals surface area (Å²) < 4.78 is 5.23. The Morgan fingerprint density at radius 2 is 2.05 bits per heavy atom. The van der Waals surface area contributed by atoms with Crippen LogP contribution in [0.3, 0.4) is 0 Å². The zero-order valence-corrected chi connectivity index (χ0v) is 11.5. The van der Waals surface area contributed by atoms with Crippen LogP contribution in [0.4, 0.5) is 0 Å². The molecule has 5 heteroatoms. The molecule has 0 bridgehead atoms. The molecule has 0 heterocycles. The molecule has 108 valence electrons. The van der Waals surface area contributed by atoms with Crippen molar-refractivity contribution in [3.63, 3.8) is 0 Å². The molecule has 0 atom stereocenters. The van der Waals surface area contributed by atoms with Crippen LogP contribution >= 0.6 is 0 Å². The molecule has 2 N–H and O–H groups in total. The number of ether oxygens (including phenoxy) is 1. The number of carbonyl (C=O) groups excluding carboxylic acids is 1. The molecule has 1 aliphatic rings. The topological polar surface area (TPSA) is 75.6 Å². The number of methoxy groups -OCH3 is 1. The molecule has 1 amide bonds. The van der Waals surface area contributed by atoms with Crippen molar-refractivity contribution >= 4 is 11.9 Å². The van der Waals surface area contributed by atoms with Crippen molar-refractivity contribution < 1.29 is 19.4 Å². The van der Waals surface area contributed by atoms with E-state index in [-0.39, 0.29) is 17.9 Å². The Bertz CT molecular complexity index is 494. The third-order valence-corrected chi connectivity index (χ3v) is 3.67. The van der Waals surface area contributed by atoms with Crippen molar-refractivity contribution in [2.24, 2.45) is 5.92 Å². The summed E-state index contributed by atoms with van der Waals surface area (Å²) in [4.78, 5) is 22.5. The lowest BCUT2D eigenvalue weighted by atomic mass is 9.80. The predicted octanol–water partition coefficient (Wildman–Crippen LogP) is 1.61. The minimum absolute atomic E-state index is 0.0151. The normalized spacial score (nSPS) is 20.9. The van der Waals surface area contributed by atoms with Gasteiger partial charge in [-0.3, -0.25) is 9.59 Å². The molecule has 0 spiro atoms. The summed E-state index contributed by atoms with van der Waals surface area (Å²) in [5.41, 5.74) is 1.00. The quantitative estimate of drug-likeness (QED) is 0.828. The van der Waals surface area contributed by atoms with Gasteiger partial charge in [0, 0.05) is 12.5 Å². The SMILES string of the molecule is COc1ccccc1CCC(=O)NC1CC(C(=O)O)C1. The maximum absolute atomic E-state index is 11.8. The molecule has 2 rings (SSSR count). The van der Waals surface area contributed by atoms with Gasteiger partial charge in [0.05, 0.1) is 13.0 Å². The molecule has 1 aromatic rings. The number of carboxylic acid groups (broad SMARTS) is 1. The highest BCUT2D eigenvalue weighted by molar-refractivity contribution is 5.77. The monoisotopic (exact) mass is 277 g/mol. The van der Waals surface area contributed by atoms with E-state index in [9.17, 15) is 9.59 Å². The van der Waals surface area contributed by atoms with E-state index in [1.165, 1.54) is 0 Å². The summed E-state index contributed by atoms with van der Waals surface area (Å²) in [6, 6.07) is 7.63. The number of carboxylic acids is 1. The van der Waals surface area contributed by atoms with Gasteiger partial charge in [-0.15, -0.1) is 0 Å². The molecule has 5 nitrogen and oxygen atoms in total. The summed E-state index contributed by atoms with van der Waals surface area (Å²) >= 11 is 0. The van der Waals surface area contributed by atoms with Crippen molar-refractivity contribution in [3.05, 3.63) is 29.8 Å². The molecule has 0 radical (unpaired) electrons. The number of hydrogen-bond donors (Lipinski definition) is 2. The van der Waals surface area contributed by atoms with Gasteiger partial charge in [-0.05, 0) is 30.9 Å². The second kappa shape index (κ2) is 6.41. The van der Waals surface area contributed by atoms with E-state index in [4.69, 9.17) is 9.84 Å². The van der Waals surface area contributed by atoms with Crippen molar-refractivity contribution in [2.45, 2.75) is 31.7 Å². The number of hydrogen-bond acceptors (Lipinski definition) is 3. The molecule has 0 unspecified atom stereocenters. The standard InChI is InChI=1S/C15H19NO4/c1-20-13-5-3-2-4-10(13)6-7-14(17)16-12-8-11(9-12)15(18)19/h2-5,11-12H,6-9H2,1H3,(H,16,17)(H,18,19). The van der Waals surface area contributed by atoms with Crippen molar-refractivity contribution in [1.82, 2.24) is 5.32 Å². The van der Waals surface area contributed by atoms with Crippen molar-refractivity contribution in [2.75, 3.05) is 7.11 Å². The molecule has 1 fully saturated rings. The number of rotatable bonds is 6. The molecule has 1 saturated carbocycles. The molecule has 0 aliphatic heterocycles. The molecule has 1 aliphatic carbocycles. The van der Waals surface area contributed by atoms with E-state index in [1.807, 2.05) is 24.3 Å². The van der Waals surface area contributed by atoms with Crippen LogP contribution in [0, 0.1) is 5.92 Å². The van der Waals surface area contributed by atoms with Gasteiger partial charge in [0.15, 0.2) is 0 Å². The lowest BCUT2D eigenvalue weighted by Gasteiger charge is -2.32. The predicted molar refractivity (Wildman–Crippen MR) is 73.6 cm³/mol. The fourth-order valence-electron chi connectivity index (χ4n) is 2.39. The number of aryl methyl sites for hydroxylation is 1. The van der Waals surface area contributed by atoms with Gasteiger partial charge in [-0.25, -0.2) is 0 Å². The van der Waals surface area contributed by atoms with Gasteiger partial charge in [-0.2, -0.15) is 0 Å². The van der Waals surface area contributed by atoms with Gasteiger partial charge in [0.1, 0.15) is 5.75 Å². The number of benzene rings is 1. The molecule has 20 heavy (non-hydrogen) atoms. The number of para-hydroxylation sites is 1. The van der Waals surface area contributed by atoms with Crippen LogP contribution in [0.15, 0.2) is 24.3 Å². The third-order valence-electron chi connectivity index (χ3n) is 3.67. The fraction of sp³-hybridized carbons (Fsp3) is 0.467. The van der Waals surface area contributed by atoms with Crippen LogP contribution in [0.25, 0.3) is 0 Å². The molecular weight excluding hydrogens is 258 g/mol. The first-order valence-corrected chi connectivity index (χ1v) is 6.74. The second-order valence-corrected chi connectivity index (χ2v) is 5.08. The van der Waals surface area contributed by atoms with Crippen LogP contribution in [-0.2, 0) is 16.0 Å². The highest BCUT2D eigenvalue weighted by Crippen LogP contribution is 2.27. The van der Waals surface area contributed by atoms with Gasteiger partial charge >= 0.3 is 5.97 Å². The Labute approximate surface area is 117 Å². The summed E-state index contributed by atoms with van der Waals surface area (Å²) in [5.74, 6) is -0.321. The van der Waals surface area contributed by atoms with E-state index >= 15 is 0 Å². The first-order chi connectivity index (χ1) is 9.60. The van der Waals surface area contributed by atoms with Crippen LogP contribution < -0.4 is 10.1 Å². The molecule has 0 aromatic heterocycles. The van der Waals surface area contributed by atoms with Gasteiger partial charge in [0.2, 0.25) is 5.91 Å². The van der Waals surface area contributed by atoms with Gasteiger partial charge in [0.25, 0.3) is 0 Å². The summed E-state index contributed by atoms with van der Waals surface area (Å²) in [5, 5.41) is 11.6. The van der Waals surface area contributed by atoms with Gasteiger partial charge < -0.3 is 15.2 Å². The summed E-state index contributed by atoms with van der Waals surface area (Å²) in [6.45, 7) is 0. The first kappa shape index (κ1) is 14.4. The highest BCUT2D eigenvalue weighted by atomic mass is 16.5. The van der Waals surface area contributed by atoms with Gasteiger partial charge in [-0.1, -0.05) is 18.2 Å². The summed E-state index contributed by atoms with van der Waals surface area (Å²) in [6.07, 6.45) is 2.07. The maximum Gasteiger partial charge on any atom is 0.306 e. The number of carbonyl (C=O) groups is 2. The highest BCUT2D eigenvalue weighted by Gasteiger charge is 2.35. The average Bonchev–Trinajstić information content (AvgIpc) is 2.39. The molecule has 1 aromatic carbocycles. The van der Waals surface area contributed by atoms with E-state index in [0.717, 1.165) is 11.3 Å². The summed E-state index contributed by atoms with van der Waals surface area (Å²) in [7, 11) is 1.61. The van der Waals surface area contributed by atoms with Crippen LogP contribution in [0.1, 0.15) is 24.8 Å². The lowest BCUT2D eigenvalue weighted by molar-refractivity contribution is -0.146. The van der Waals surface area contributed by atoms with Crippen molar-refractivity contribution in [1.29, 1.82) is 0 Å². The van der Waals surface area contributed by atoms with E-state index in [2.05, 4.69) is 5.32 Å². The first-order valence-electron chi connectivity index (χ1n) is 6.74. The van der Waals surface area contributed by atoms with E-state index < -0.39 is 5.97 Å². The van der Waals surface area contributed by atoms with Crippen LogP contribution in [0.2, 0.25) is 0 Å². The lowest BCUT2D eigenvalue weighted by Crippen LogP contribution is -2.46. The Kier molecular flexibility index (Phi) is 4.61. The number of nitrogens with one attached hydrogen (secondary N) is 1. The maximum atomic E-state index is 11.8. The Morgan fingerprint density at radius 3 is 2.70 bits per heavy atom. The van der Waals surface area contributed by atoms with Crippen LogP contribution in [0.5, 0.6) is 5.75 Å². The largest absolute Gasteiger partial charge is 0.496 e. The Balaban J connectivity index is 1.74. The minimum atomic E-state index is -0.774. The average molecular weight is 277 g/mol. The second-order valence-electron chi connectivity index (χ2n) is 5.08.